The Bertz CT molecular complexity index is 466. The maximum absolute atomic E-state index is 11.9. The zero-order valence-corrected chi connectivity index (χ0v) is 11.3. The Balaban J connectivity index is 1.97. The maximum atomic E-state index is 11.9. The molecule has 1 saturated carbocycles. The fraction of sp³-hybridized carbons (Fsp3) is 0.571. The molecule has 0 aromatic carbocycles. The fourth-order valence-corrected chi connectivity index (χ4v) is 2.71. The minimum Gasteiger partial charge on any atom is -0.505 e. The van der Waals surface area contributed by atoms with Crippen LogP contribution in [0.5, 0.6) is 5.75 Å². The largest absolute Gasteiger partial charge is 0.505 e. The predicted octanol–water partition coefficient (Wildman–Crippen LogP) is 2.20. The Kier molecular flexibility index (Phi) is 2.84. The van der Waals surface area contributed by atoms with E-state index in [9.17, 15) is 9.90 Å². The minimum atomic E-state index is -0.242. The van der Waals surface area contributed by atoms with E-state index < -0.39 is 0 Å². The lowest BCUT2D eigenvalue weighted by Gasteiger charge is -2.07. The molecule has 1 fully saturated rings. The molecule has 0 saturated heterocycles. The number of aromatic hydroxyl groups is 1. The lowest BCUT2D eigenvalue weighted by molar-refractivity contribution is 0.0947. The van der Waals surface area contributed by atoms with E-state index in [2.05, 4.69) is 38.0 Å². The zero-order valence-electron chi connectivity index (χ0n) is 11.3. The van der Waals surface area contributed by atoms with Gasteiger partial charge in [-0.15, -0.1) is 0 Å². The van der Waals surface area contributed by atoms with Crippen LogP contribution in [0.4, 0.5) is 0 Å². The summed E-state index contributed by atoms with van der Waals surface area (Å²) in [5.74, 6) is 0.149. The summed E-state index contributed by atoms with van der Waals surface area (Å²) < 4.78 is 0. The quantitative estimate of drug-likeness (QED) is 0.862. The molecule has 1 amide bonds. The van der Waals surface area contributed by atoms with Gasteiger partial charge in [-0.1, -0.05) is 27.7 Å². The number of nitrogens with zero attached hydrogens (tertiary/aromatic N) is 1. The number of rotatable bonds is 3. The Morgan fingerprint density at radius 2 is 2.00 bits per heavy atom. The van der Waals surface area contributed by atoms with Crippen molar-refractivity contribution in [2.75, 3.05) is 6.54 Å². The summed E-state index contributed by atoms with van der Waals surface area (Å²) in [5, 5.41) is 12.4. The van der Waals surface area contributed by atoms with E-state index in [1.807, 2.05) is 0 Å². The van der Waals surface area contributed by atoms with Crippen LogP contribution in [-0.2, 0) is 0 Å². The molecule has 2 rings (SSSR count). The van der Waals surface area contributed by atoms with Crippen molar-refractivity contribution in [1.29, 1.82) is 0 Å². The van der Waals surface area contributed by atoms with Crippen LogP contribution in [0.25, 0.3) is 0 Å². The van der Waals surface area contributed by atoms with Crippen LogP contribution in [0, 0.1) is 16.7 Å². The van der Waals surface area contributed by atoms with Gasteiger partial charge >= 0.3 is 0 Å². The van der Waals surface area contributed by atoms with Crippen LogP contribution in [0.2, 0.25) is 0 Å². The minimum absolute atomic E-state index is 0.0793. The van der Waals surface area contributed by atoms with Gasteiger partial charge in [-0.3, -0.25) is 9.78 Å². The van der Waals surface area contributed by atoms with Crippen LogP contribution >= 0.6 is 0 Å². The Labute approximate surface area is 107 Å². The maximum Gasteiger partial charge on any atom is 0.255 e. The molecule has 4 nitrogen and oxygen atoms in total. The van der Waals surface area contributed by atoms with E-state index in [0.717, 1.165) is 0 Å². The highest BCUT2D eigenvalue weighted by Gasteiger charge is 2.64. The van der Waals surface area contributed by atoms with E-state index in [4.69, 9.17) is 0 Å². The van der Waals surface area contributed by atoms with Gasteiger partial charge in [-0.2, -0.15) is 0 Å². The van der Waals surface area contributed by atoms with Gasteiger partial charge in [0.25, 0.3) is 5.91 Å². The summed E-state index contributed by atoms with van der Waals surface area (Å²) in [7, 11) is 0. The van der Waals surface area contributed by atoms with Crippen molar-refractivity contribution in [2.45, 2.75) is 27.7 Å². The predicted molar refractivity (Wildman–Crippen MR) is 69.3 cm³/mol. The van der Waals surface area contributed by atoms with Gasteiger partial charge in [0.2, 0.25) is 0 Å². The van der Waals surface area contributed by atoms with Crippen LogP contribution < -0.4 is 5.32 Å². The summed E-state index contributed by atoms with van der Waals surface area (Å²) in [6.07, 6.45) is 2.78. The third kappa shape index (κ3) is 1.85. The molecule has 18 heavy (non-hydrogen) atoms. The van der Waals surface area contributed by atoms with Crippen molar-refractivity contribution in [3.05, 3.63) is 24.0 Å². The van der Waals surface area contributed by atoms with Gasteiger partial charge in [-0.25, -0.2) is 0 Å². The van der Waals surface area contributed by atoms with Crippen LogP contribution in [0.3, 0.4) is 0 Å². The Morgan fingerprint density at radius 3 is 2.50 bits per heavy atom. The first-order valence-corrected chi connectivity index (χ1v) is 6.19. The SMILES string of the molecule is CC1(C)C(CNC(=O)c2ccncc2O)C1(C)C. The second-order valence-corrected chi connectivity index (χ2v) is 6.10. The molecule has 0 radical (unpaired) electrons. The fourth-order valence-electron chi connectivity index (χ4n) is 2.71. The number of nitrogens with one attached hydrogen (secondary N) is 1. The van der Waals surface area contributed by atoms with Gasteiger partial charge in [0.1, 0.15) is 5.75 Å². The molecule has 2 N–H and O–H groups in total. The highest BCUT2D eigenvalue weighted by atomic mass is 16.3. The highest BCUT2D eigenvalue weighted by Crippen LogP contribution is 2.67. The molecular weight excluding hydrogens is 228 g/mol. The van der Waals surface area contributed by atoms with E-state index in [-0.39, 0.29) is 28.1 Å². The van der Waals surface area contributed by atoms with E-state index in [1.165, 1.54) is 18.5 Å². The van der Waals surface area contributed by atoms with Crippen molar-refractivity contribution < 1.29 is 9.90 Å². The average Bonchev–Trinajstić information content (AvgIpc) is 2.67. The zero-order chi connectivity index (χ0) is 13.6. The number of hydrogen-bond donors (Lipinski definition) is 2. The molecule has 0 atom stereocenters. The van der Waals surface area contributed by atoms with Crippen LogP contribution in [0.15, 0.2) is 18.5 Å². The molecule has 0 unspecified atom stereocenters. The van der Waals surface area contributed by atoms with Gasteiger partial charge in [0.05, 0.1) is 11.8 Å². The molecule has 1 aromatic rings. The molecular formula is C14H20N2O2. The number of amides is 1. The lowest BCUT2D eigenvalue weighted by atomic mass is 10.0. The van der Waals surface area contributed by atoms with Gasteiger partial charge in [0.15, 0.2) is 0 Å². The molecule has 1 aliphatic rings. The van der Waals surface area contributed by atoms with Crippen molar-refractivity contribution in [2.24, 2.45) is 16.7 Å². The van der Waals surface area contributed by atoms with E-state index in [1.54, 1.807) is 0 Å². The standard InChI is InChI=1S/C14H20N2O2/c1-13(2)11(14(13,3)4)8-16-12(18)9-5-6-15-7-10(9)17/h5-7,11,17H,8H2,1-4H3,(H,16,18). The first kappa shape index (κ1) is 12.9. The molecule has 1 heterocycles. The Hall–Kier alpha value is -1.58. The Morgan fingerprint density at radius 1 is 1.39 bits per heavy atom. The summed E-state index contributed by atoms with van der Waals surface area (Å²) in [6.45, 7) is 9.50. The summed E-state index contributed by atoms with van der Waals surface area (Å²) >= 11 is 0. The smallest absolute Gasteiger partial charge is 0.255 e. The molecule has 0 aliphatic heterocycles. The van der Waals surface area contributed by atoms with Gasteiger partial charge < -0.3 is 10.4 Å². The average molecular weight is 248 g/mol. The van der Waals surface area contributed by atoms with Crippen molar-refractivity contribution >= 4 is 5.91 Å². The summed E-state index contributed by atoms with van der Waals surface area (Å²) in [5.41, 5.74) is 0.780. The van der Waals surface area contributed by atoms with E-state index >= 15 is 0 Å². The number of pyridine rings is 1. The number of hydrogen-bond acceptors (Lipinski definition) is 3. The van der Waals surface area contributed by atoms with Gasteiger partial charge in [0, 0.05) is 12.7 Å². The van der Waals surface area contributed by atoms with Crippen molar-refractivity contribution in [1.82, 2.24) is 10.3 Å². The first-order valence-electron chi connectivity index (χ1n) is 6.19. The van der Waals surface area contributed by atoms with Crippen molar-refractivity contribution in [3.8, 4) is 5.75 Å². The summed E-state index contributed by atoms with van der Waals surface area (Å²) in [4.78, 5) is 15.7. The first-order chi connectivity index (χ1) is 8.28. The second-order valence-electron chi connectivity index (χ2n) is 6.10. The summed E-state index contributed by atoms with van der Waals surface area (Å²) in [6, 6.07) is 1.52. The van der Waals surface area contributed by atoms with Gasteiger partial charge in [-0.05, 0) is 22.8 Å². The number of carbonyl (C=O) groups excluding carboxylic acids is 1. The number of aromatic nitrogens is 1. The molecule has 1 aromatic heterocycles. The topological polar surface area (TPSA) is 62.2 Å². The molecule has 0 spiro atoms. The third-order valence-electron chi connectivity index (χ3n) is 4.83. The molecule has 4 heteroatoms. The van der Waals surface area contributed by atoms with Crippen molar-refractivity contribution in [3.63, 3.8) is 0 Å². The third-order valence-corrected chi connectivity index (χ3v) is 4.83. The molecule has 1 aliphatic carbocycles. The highest BCUT2D eigenvalue weighted by molar-refractivity contribution is 5.96. The lowest BCUT2D eigenvalue weighted by Crippen LogP contribution is -2.27. The normalized spacial score (nSPS) is 20.4. The molecule has 98 valence electrons. The second kappa shape index (κ2) is 3.97. The van der Waals surface area contributed by atoms with Crippen LogP contribution in [0.1, 0.15) is 38.1 Å². The van der Waals surface area contributed by atoms with E-state index in [0.29, 0.717) is 12.5 Å². The van der Waals surface area contributed by atoms with Crippen LogP contribution in [-0.4, -0.2) is 22.5 Å². The monoisotopic (exact) mass is 248 g/mol. The molecule has 0 bridgehead atoms. The number of carbonyl (C=O) groups is 1.